The Bertz CT molecular complexity index is 272. The standard InChI is InChI=1S/C7H4BrClO3/c8-5-1-3-6(4-2-5)11-12-7(9)10/h1-4H. The molecule has 1 aromatic rings. The van der Waals surface area contributed by atoms with Crippen LogP contribution in [-0.2, 0) is 4.89 Å². The first kappa shape index (κ1) is 9.35. The summed E-state index contributed by atoms with van der Waals surface area (Å²) in [6, 6.07) is 6.75. The van der Waals surface area contributed by atoms with Gasteiger partial charge in [-0.05, 0) is 24.3 Å². The lowest BCUT2D eigenvalue weighted by Gasteiger charge is -1.99. The minimum absolute atomic E-state index is 0.409. The molecule has 0 aromatic heterocycles. The molecule has 0 unspecified atom stereocenters. The lowest BCUT2D eigenvalue weighted by atomic mass is 10.3. The molecule has 0 aliphatic heterocycles. The summed E-state index contributed by atoms with van der Waals surface area (Å²) in [5, 5.41) is 0. The highest BCUT2D eigenvalue weighted by Gasteiger charge is 1.98. The summed E-state index contributed by atoms with van der Waals surface area (Å²) in [5.74, 6) is 0.409. The SMILES string of the molecule is O=C(Cl)OOc1ccc(Br)cc1. The Kier molecular flexibility index (Phi) is 3.37. The maximum atomic E-state index is 10.1. The van der Waals surface area contributed by atoms with Crippen molar-refractivity contribution in [3.8, 4) is 5.75 Å². The highest BCUT2D eigenvalue weighted by Crippen LogP contribution is 2.16. The van der Waals surface area contributed by atoms with Crippen molar-refractivity contribution in [1.82, 2.24) is 0 Å². The normalized spacial score (nSPS) is 9.17. The van der Waals surface area contributed by atoms with Gasteiger partial charge >= 0.3 is 5.43 Å². The largest absolute Gasteiger partial charge is 0.448 e. The molecule has 0 aliphatic carbocycles. The van der Waals surface area contributed by atoms with Gasteiger partial charge in [0.25, 0.3) is 0 Å². The van der Waals surface area contributed by atoms with Crippen LogP contribution in [0.15, 0.2) is 28.7 Å². The monoisotopic (exact) mass is 250 g/mol. The highest BCUT2D eigenvalue weighted by molar-refractivity contribution is 9.10. The Morgan fingerprint density at radius 3 is 2.42 bits per heavy atom. The first-order valence-electron chi connectivity index (χ1n) is 2.98. The van der Waals surface area contributed by atoms with E-state index in [0.29, 0.717) is 5.75 Å². The van der Waals surface area contributed by atoms with Gasteiger partial charge in [-0.1, -0.05) is 15.9 Å². The molecule has 0 aliphatic rings. The molecule has 0 saturated heterocycles. The molecule has 1 rings (SSSR count). The molecular formula is C7H4BrClO3. The number of rotatable bonds is 2. The fourth-order valence-corrected chi connectivity index (χ4v) is 0.867. The molecule has 0 amide bonds. The molecule has 3 nitrogen and oxygen atoms in total. The molecule has 1 aromatic carbocycles. The molecule has 0 bridgehead atoms. The van der Waals surface area contributed by atoms with Crippen LogP contribution in [0, 0.1) is 0 Å². The van der Waals surface area contributed by atoms with E-state index in [1.165, 1.54) is 0 Å². The number of carbonyl (C=O) groups is 1. The third-order valence-corrected chi connectivity index (χ3v) is 1.61. The minimum atomic E-state index is -1.00. The average molecular weight is 251 g/mol. The van der Waals surface area contributed by atoms with Gasteiger partial charge in [-0.25, -0.2) is 9.68 Å². The van der Waals surface area contributed by atoms with Crippen LogP contribution >= 0.6 is 27.5 Å². The van der Waals surface area contributed by atoms with Crippen LogP contribution in [0.5, 0.6) is 5.75 Å². The molecule has 0 fully saturated rings. The van der Waals surface area contributed by atoms with Crippen LogP contribution in [0.4, 0.5) is 4.79 Å². The molecule has 5 heteroatoms. The van der Waals surface area contributed by atoms with Crippen LogP contribution in [0.1, 0.15) is 0 Å². The summed E-state index contributed by atoms with van der Waals surface area (Å²) >= 11 is 8.10. The molecule has 0 radical (unpaired) electrons. The summed E-state index contributed by atoms with van der Waals surface area (Å²) in [6.45, 7) is 0. The maximum Gasteiger partial charge on any atom is 0.448 e. The Hall–Kier alpha value is -0.740. The Labute approximate surface area is 82.3 Å². The molecule has 0 atom stereocenters. The zero-order valence-electron chi connectivity index (χ0n) is 5.79. The number of hydrogen-bond acceptors (Lipinski definition) is 3. The first-order valence-corrected chi connectivity index (χ1v) is 4.15. The topological polar surface area (TPSA) is 35.5 Å². The van der Waals surface area contributed by atoms with Crippen LogP contribution in [0.2, 0.25) is 0 Å². The van der Waals surface area contributed by atoms with E-state index in [1.807, 2.05) is 0 Å². The summed E-state index contributed by atoms with van der Waals surface area (Å²) in [6.07, 6.45) is 0. The summed E-state index contributed by atoms with van der Waals surface area (Å²) in [4.78, 5) is 18.7. The Balaban J connectivity index is 2.53. The van der Waals surface area contributed by atoms with Gasteiger partial charge in [-0.2, -0.15) is 0 Å². The van der Waals surface area contributed by atoms with E-state index in [9.17, 15) is 4.79 Å². The summed E-state index contributed by atoms with van der Waals surface area (Å²) in [7, 11) is 0. The van der Waals surface area contributed by atoms with Gasteiger partial charge in [-0.15, -0.1) is 0 Å². The predicted octanol–water partition coefficient (Wildman–Crippen LogP) is 3.12. The van der Waals surface area contributed by atoms with Gasteiger partial charge in [0.2, 0.25) is 0 Å². The average Bonchev–Trinajstić information content (AvgIpc) is 2.03. The van der Waals surface area contributed by atoms with Crippen molar-refractivity contribution in [3.05, 3.63) is 28.7 Å². The zero-order chi connectivity index (χ0) is 8.97. The second kappa shape index (κ2) is 4.33. The van der Waals surface area contributed by atoms with Gasteiger partial charge in [-0.3, -0.25) is 4.89 Å². The van der Waals surface area contributed by atoms with E-state index in [2.05, 4.69) is 25.7 Å². The van der Waals surface area contributed by atoms with E-state index in [-0.39, 0.29) is 0 Å². The van der Waals surface area contributed by atoms with E-state index < -0.39 is 5.43 Å². The smallest absolute Gasteiger partial charge is 0.286 e. The Morgan fingerprint density at radius 2 is 1.92 bits per heavy atom. The molecule has 0 spiro atoms. The number of halogens is 2. The van der Waals surface area contributed by atoms with E-state index in [4.69, 9.17) is 11.6 Å². The van der Waals surface area contributed by atoms with Crippen LogP contribution in [0.25, 0.3) is 0 Å². The minimum Gasteiger partial charge on any atom is -0.286 e. The number of carbonyl (C=O) groups excluding carboxylic acids is 1. The van der Waals surface area contributed by atoms with Gasteiger partial charge in [0.15, 0.2) is 5.75 Å². The molecule has 0 saturated carbocycles. The second-order valence-corrected chi connectivity index (χ2v) is 3.08. The van der Waals surface area contributed by atoms with Crippen LogP contribution in [0.3, 0.4) is 0 Å². The molecule has 12 heavy (non-hydrogen) atoms. The summed E-state index contributed by atoms with van der Waals surface area (Å²) in [5.41, 5.74) is -1.00. The predicted molar refractivity (Wildman–Crippen MR) is 47.1 cm³/mol. The van der Waals surface area contributed by atoms with Crippen molar-refractivity contribution in [2.75, 3.05) is 0 Å². The van der Waals surface area contributed by atoms with Crippen molar-refractivity contribution in [2.45, 2.75) is 0 Å². The van der Waals surface area contributed by atoms with Gasteiger partial charge in [0.1, 0.15) is 0 Å². The van der Waals surface area contributed by atoms with Crippen molar-refractivity contribution in [2.24, 2.45) is 0 Å². The third-order valence-electron chi connectivity index (χ3n) is 1.02. The molecule has 0 N–H and O–H groups in total. The zero-order valence-corrected chi connectivity index (χ0v) is 8.13. The van der Waals surface area contributed by atoms with Gasteiger partial charge < -0.3 is 0 Å². The first-order chi connectivity index (χ1) is 5.68. The lowest BCUT2D eigenvalue weighted by molar-refractivity contribution is -0.131. The molecule has 64 valence electrons. The third kappa shape index (κ3) is 3.11. The number of benzene rings is 1. The van der Waals surface area contributed by atoms with Crippen LogP contribution < -0.4 is 4.89 Å². The fourth-order valence-electron chi connectivity index (χ4n) is 0.571. The quantitative estimate of drug-likeness (QED) is 0.460. The second-order valence-electron chi connectivity index (χ2n) is 1.86. The van der Waals surface area contributed by atoms with E-state index in [1.54, 1.807) is 24.3 Å². The van der Waals surface area contributed by atoms with E-state index in [0.717, 1.165) is 4.47 Å². The van der Waals surface area contributed by atoms with Gasteiger partial charge in [0.05, 0.1) is 0 Å². The highest BCUT2D eigenvalue weighted by atomic mass is 79.9. The Morgan fingerprint density at radius 1 is 1.33 bits per heavy atom. The van der Waals surface area contributed by atoms with Crippen molar-refractivity contribution >= 4 is 33.0 Å². The van der Waals surface area contributed by atoms with Crippen LogP contribution in [-0.4, -0.2) is 5.43 Å². The van der Waals surface area contributed by atoms with Crippen molar-refractivity contribution in [1.29, 1.82) is 0 Å². The molecule has 0 heterocycles. The maximum absolute atomic E-state index is 10.1. The van der Waals surface area contributed by atoms with Gasteiger partial charge in [0, 0.05) is 16.1 Å². The summed E-state index contributed by atoms with van der Waals surface area (Å²) < 4.78 is 0.909. The lowest BCUT2D eigenvalue weighted by Crippen LogP contribution is -1.98. The number of hydrogen-bond donors (Lipinski definition) is 0. The van der Waals surface area contributed by atoms with Crippen molar-refractivity contribution in [3.63, 3.8) is 0 Å². The molecular weight excluding hydrogens is 247 g/mol. The van der Waals surface area contributed by atoms with Crippen molar-refractivity contribution < 1.29 is 14.6 Å². The fraction of sp³-hybridized carbons (Fsp3) is 0. The van der Waals surface area contributed by atoms with E-state index >= 15 is 0 Å².